The quantitative estimate of drug-likeness (QED) is 0.907. The number of nitrogens with one attached hydrogen (secondary N) is 1. The molecule has 2 rings (SSSR count). The van der Waals surface area contributed by atoms with Crippen molar-refractivity contribution >= 4 is 33.2 Å². The number of halogens is 1. The van der Waals surface area contributed by atoms with Crippen LogP contribution in [0.5, 0.6) is 5.75 Å². The minimum Gasteiger partial charge on any atom is -0.476 e. The van der Waals surface area contributed by atoms with E-state index in [9.17, 15) is 13.2 Å². The SMILES string of the molecule is CC(C)NC(=O)[C@@H]1CN(S(C)(=O)=O)c2cc(Cl)ccc2O1. The number of rotatable bonds is 3. The molecule has 1 heterocycles. The highest BCUT2D eigenvalue weighted by Crippen LogP contribution is 2.37. The molecule has 1 aliphatic rings. The predicted molar refractivity (Wildman–Crippen MR) is 81.3 cm³/mol. The summed E-state index contributed by atoms with van der Waals surface area (Å²) in [6.07, 6.45) is 0.191. The molecule has 0 aromatic heterocycles. The second kappa shape index (κ2) is 5.73. The van der Waals surface area contributed by atoms with Gasteiger partial charge in [0.2, 0.25) is 10.0 Å². The van der Waals surface area contributed by atoms with E-state index in [0.717, 1.165) is 10.6 Å². The first-order valence-electron chi connectivity index (χ1n) is 6.43. The van der Waals surface area contributed by atoms with Gasteiger partial charge in [-0.25, -0.2) is 8.42 Å². The van der Waals surface area contributed by atoms with E-state index < -0.39 is 16.1 Å². The number of amides is 1. The number of ether oxygens (including phenoxy) is 1. The lowest BCUT2D eigenvalue weighted by molar-refractivity contribution is -0.128. The Hall–Kier alpha value is -1.47. The molecule has 0 fully saturated rings. The normalized spacial score (nSPS) is 18.1. The lowest BCUT2D eigenvalue weighted by atomic mass is 10.2. The van der Waals surface area contributed by atoms with Gasteiger partial charge in [-0.3, -0.25) is 9.10 Å². The van der Waals surface area contributed by atoms with Crippen molar-refractivity contribution in [1.82, 2.24) is 5.32 Å². The van der Waals surface area contributed by atoms with Gasteiger partial charge < -0.3 is 10.1 Å². The molecule has 0 aliphatic carbocycles. The van der Waals surface area contributed by atoms with Gasteiger partial charge in [0.25, 0.3) is 5.91 Å². The predicted octanol–water partition coefficient (Wildman–Crippen LogP) is 1.39. The largest absolute Gasteiger partial charge is 0.476 e. The lowest BCUT2D eigenvalue weighted by Gasteiger charge is -2.34. The maximum Gasteiger partial charge on any atom is 0.263 e. The van der Waals surface area contributed by atoms with Gasteiger partial charge in [-0.15, -0.1) is 0 Å². The summed E-state index contributed by atoms with van der Waals surface area (Å²) in [6, 6.07) is 4.60. The van der Waals surface area contributed by atoms with Crippen LogP contribution in [-0.2, 0) is 14.8 Å². The number of benzene rings is 1. The summed E-state index contributed by atoms with van der Waals surface area (Å²) in [5.41, 5.74) is 0.346. The lowest BCUT2D eigenvalue weighted by Crippen LogP contribution is -2.51. The van der Waals surface area contributed by atoms with Crippen LogP contribution in [-0.4, -0.2) is 39.3 Å². The average Bonchev–Trinajstić information content (AvgIpc) is 2.35. The average molecular weight is 333 g/mol. The standard InChI is InChI=1S/C13H17ClN2O4S/c1-8(2)15-13(17)12-7-16(21(3,18)19)10-6-9(14)4-5-11(10)20-12/h4-6,8,12H,7H2,1-3H3,(H,15,17)/t12-/m0/s1. The number of anilines is 1. The van der Waals surface area contributed by atoms with Crippen LogP contribution in [0, 0.1) is 0 Å². The minimum atomic E-state index is -3.54. The van der Waals surface area contributed by atoms with E-state index in [2.05, 4.69) is 5.32 Å². The molecule has 0 radical (unpaired) electrons. The molecular weight excluding hydrogens is 316 g/mol. The molecule has 21 heavy (non-hydrogen) atoms. The zero-order chi connectivity index (χ0) is 15.8. The molecule has 1 aromatic carbocycles. The van der Waals surface area contributed by atoms with Crippen molar-refractivity contribution in [1.29, 1.82) is 0 Å². The van der Waals surface area contributed by atoms with Crippen molar-refractivity contribution in [3.63, 3.8) is 0 Å². The van der Waals surface area contributed by atoms with E-state index in [-0.39, 0.29) is 18.5 Å². The summed E-state index contributed by atoms with van der Waals surface area (Å²) in [5, 5.41) is 3.11. The zero-order valence-corrected chi connectivity index (χ0v) is 13.5. The monoisotopic (exact) mass is 332 g/mol. The molecule has 6 nitrogen and oxygen atoms in total. The number of hydrogen-bond donors (Lipinski definition) is 1. The van der Waals surface area contributed by atoms with Crippen LogP contribution >= 0.6 is 11.6 Å². The summed E-state index contributed by atoms with van der Waals surface area (Å²) >= 11 is 5.90. The molecule has 1 N–H and O–H groups in total. The summed E-state index contributed by atoms with van der Waals surface area (Å²) in [6.45, 7) is 3.57. The van der Waals surface area contributed by atoms with Gasteiger partial charge in [-0.1, -0.05) is 11.6 Å². The van der Waals surface area contributed by atoms with Crippen LogP contribution in [0.15, 0.2) is 18.2 Å². The Labute approximate surface area is 129 Å². The molecule has 8 heteroatoms. The first-order chi connectivity index (χ1) is 9.68. The molecule has 0 bridgehead atoms. The molecule has 1 aliphatic heterocycles. The Bertz CT molecular complexity index is 660. The summed E-state index contributed by atoms with van der Waals surface area (Å²) in [7, 11) is -3.54. The topological polar surface area (TPSA) is 75.7 Å². The molecule has 0 saturated heterocycles. The van der Waals surface area contributed by atoms with Gasteiger partial charge in [0, 0.05) is 11.1 Å². The van der Waals surface area contributed by atoms with Crippen molar-refractivity contribution in [2.75, 3.05) is 17.1 Å². The third-order valence-corrected chi connectivity index (χ3v) is 4.30. The van der Waals surface area contributed by atoms with Gasteiger partial charge >= 0.3 is 0 Å². The highest BCUT2D eigenvalue weighted by atomic mass is 35.5. The van der Waals surface area contributed by atoms with Gasteiger partial charge in [0.15, 0.2) is 6.10 Å². The van der Waals surface area contributed by atoms with Crippen LogP contribution in [0.3, 0.4) is 0 Å². The van der Waals surface area contributed by atoms with Crippen LogP contribution in [0.1, 0.15) is 13.8 Å². The molecule has 1 aromatic rings. The Balaban J connectivity index is 2.39. The number of nitrogens with zero attached hydrogens (tertiary/aromatic N) is 1. The van der Waals surface area contributed by atoms with Crippen molar-refractivity contribution in [3.05, 3.63) is 23.2 Å². The molecule has 0 spiro atoms. The van der Waals surface area contributed by atoms with Crippen LogP contribution < -0.4 is 14.4 Å². The molecule has 1 atom stereocenters. The van der Waals surface area contributed by atoms with Gasteiger partial charge in [-0.2, -0.15) is 0 Å². The van der Waals surface area contributed by atoms with Crippen LogP contribution in [0.4, 0.5) is 5.69 Å². The fourth-order valence-electron chi connectivity index (χ4n) is 2.05. The van der Waals surface area contributed by atoms with Crippen molar-refractivity contribution in [2.45, 2.75) is 26.0 Å². The zero-order valence-electron chi connectivity index (χ0n) is 12.0. The summed E-state index contributed by atoms with van der Waals surface area (Å²) < 4.78 is 30.6. The number of hydrogen-bond acceptors (Lipinski definition) is 4. The van der Waals surface area contributed by atoms with E-state index in [1.54, 1.807) is 12.1 Å². The smallest absolute Gasteiger partial charge is 0.263 e. The van der Waals surface area contributed by atoms with E-state index in [1.807, 2.05) is 13.8 Å². The Morgan fingerprint density at radius 2 is 2.14 bits per heavy atom. The number of sulfonamides is 1. The second-order valence-electron chi connectivity index (χ2n) is 5.18. The van der Waals surface area contributed by atoms with E-state index in [4.69, 9.17) is 16.3 Å². The molecule has 1 amide bonds. The van der Waals surface area contributed by atoms with Crippen molar-refractivity contribution < 1.29 is 17.9 Å². The van der Waals surface area contributed by atoms with E-state index >= 15 is 0 Å². The number of fused-ring (bicyclic) bond motifs is 1. The molecule has 0 unspecified atom stereocenters. The summed E-state index contributed by atoms with van der Waals surface area (Å²) in [5.74, 6) is -0.0285. The number of carbonyl (C=O) groups excluding carboxylic acids is 1. The van der Waals surface area contributed by atoms with Crippen LogP contribution in [0.2, 0.25) is 5.02 Å². The molecular formula is C13H17ClN2O4S. The Morgan fingerprint density at radius 3 is 2.71 bits per heavy atom. The second-order valence-corrected chi connectivity index (χ2v) is 7.52. The maximum absolute atomic E-state index is 12.1. The maximum atomic E-state index is 12.1. The van der Waals surface area contributed by atoms with Crippen molar-refractivity contribution in [3.8, 4) is 5.75 Å². The Morgan fingerprint density at radius 1 is 1.48 bits per heavy atom. The fraction of sp³-hybridized carbons (Fsp3) is 0.462. The first-order valence-corrected chi connectivity index (χ1v) is 8.65. The molecule has 0 saturated carbocycles. The summed E-state index contributed by atoms with van der Waals surface area (Å²) in [4.78, 5) is 12.1. The molecule has 116 valence electrons. The van der Waals surface area contributed by atoms with Crippen LogP contribution in [0.25, 0.3) is 0 Å². The third-order valence-electron chi connectivity index (χ3n) is 2.91. The van der Waals surface area contributed by atoms with Gasteiger partial charge in [0.1, 0.15) is 5.75 Å². The highest BCUT2D eigenvalue weighted by Gasteiger charge is 2.35. The van der Waals surface area contributed by atoms with Crippen molar-refractivity contribution in [2.24, 2.45) is 0 Å². The van der Waals surface area contributed by atoms with E-state index in [0.29, 0.717) is 16.5 Å². The minimum absolute atomic E-state index is 0.0561. The van der Waals surface area contributed by atoms with Gasteiger partial charge in [0.05, 0.1) is 18.5 Å². The van der Waals surface area contributed by atoms with Gasteiger partial charge in [-0.05, 0) is 32.0 Å². The van der Waals surface area contributed by atoms with E-state index in [1.165, 1.54) is 6.07 Å². The first kappa shape index (κ1) is 15.9. The fourth-order valence-corrected chi connectivity index (χ4v) is 3.13. The number of carbonyl (C=O) groups is 1. The Kier molecular flexibility index (Phi) is 4.34. The highest BCUT2D eigenvalue weighted by molar-refractivity contribution is 7.92. The third kappa shape index (κ3) is 3.59.